The monoisotopic (exact) mass is 226 g/mol. The molecule has 2 rings (SSSR count). The van der Waals surface area contributed by atoms with E-state index < -0.39 is 5.97 Å². The number of esters is 1. The summed E-state index contributed by atoms with van der Waals surface area (Å²) in [6, 6.07) is 0. The number of carbonyl (C=O) groups excluding carboxylic acids is 2. The number of amides is 1. The average Bonchev–Trinajstić information content (AvgIpc) is 3.00. The quantitative estimate of drug-likeness (QED) is 0.646. The van der Waals surface area contributed by atoms with Gasteiger partial charge in [-0.3, -0.25) is 9.59 Å². The van der Waals surface area contributed by atoms with Crippen LogP contribution in [-0.4, -0.2) is 38.6 Å². The Balaban J connectivity index is 1.77. The van der Waals surface area contributed by atoms with Crippen LogP contribution in [0, 0.1) is 11.3 Å². The number of piperidine rings is 1. The highest BCUT2D eigenvalue weighted by Gasteiger charge is 2.57. The predicted octanol–water partition coefficient (Wildman–Crippen LogP) is -0.335. The van der Waals surface area contributed by atoms with Crippen LogP contribution in [0.2, 0.25) is 0 Å². The molecule has 0 aromatic carbocycles. The molecule has 2 aliphatic rings. The predicted molar refractivity (Wildman–Crippen MR) is 57.7 cm³/mol. The lowest BCUT2D eigenvalue weighted by atomic mass is 9.92. The second kappa shape index (κ2) is 4.41. The second-order valence-electron chi connectivity index (χ2n) is 4.66. The van der Waals surface area contributed by atoms with Gasteiger partial charge in [-0.15, -0.1) is 0 Å². The van der Waals surface area contributed by atoms with Crippen LogP contribution >= 0.6 is 0 Å². The molecule has 2 N–H and O–H groups in total. The molecule has 1 spiro atoms. The summed E-state index contributed by atoms with van der Waals surface area (Å²) < 4.78 is 4.47. The molecule has 1 saturated heterocycles. The molecule has 1 saturated carbocycles. The number of nitrogens with one attached hydrogen (secondary N) is 2. The van der Waals surface area contributed by atoms with Crippen molar-refractivity contribution in [2.24, 2.45) is 11.3 Å². The first kappa shape index (κ1) is 11.4. The molecule has 2 fully saturated rings. The van der Waals surface area contributed by atoms with Crippen molar-refractivity contribution in [2.45, 2.75) is 19.3 Å². The highest BCUT2D eigenvalue weighted by molar-refractivity contribution is 5.86. The van der Waals surface area contributed by atoms with E-state index >= 15 is 0 Å². The number of hydrogen-bond donors (Lipinski definition) is 2. The van der Waals surface area contributed by atoms with Gasteiger partial charge >= 0.3 is 5.97 Å². The van der Waals surface area contributed by atoms with Gasteiger partial charge in [0.2, 0.25) is 5.91 Å². The first-order valence-corrected chi connectivity index (χ1v) is 5.73. The molecule has 0 bridgehead atoms. The fourth-order valence-electron chi connectivity index (χ4n) is 2.55. The zero-order valence-electron chi connectivity index (χ0n) is 9.54. The summed E-state index contributed by atoms with van der Waals surface area (Å²) in [7, 11) is 1.32. The molecular formula is C11H18N2O3. The van der Waals surface area contributed by atoms with Crippen LogP contribution in [0.3, 0.4) is 0 Å². The van der Waals surface area contributed by atoms with Gasteiger partial charge in [0, 0.05) is 5.92 Å². The van der Waals surface area contributed by atoms with Gasteiger partial charge in [0.1, 0.15) is 6.54 Å². The summed E-state index contributed by atoms with van der Waals surface area (Å²) in [4.78, 5) is 22.6. The van der Waals surface area contributed by atoms with Crippen molar-refractivity contribution in [3.63, 3.8) is 0 Å². The Labute approximate surface area is 94.9 Å². The molecule has 0 aromatic rings. The standard InChI is InChI=1S/C11H18N2O3/c1-16-9(14)7-13-10(15)8-6-11(8)2-4-12-5-3-11/h8,12H,2-7H2,1H3,(H,13,15). The average molecular weight is 226 g/mol. The molecule has 1 aliphatic heterocycles. The molecule has 1 atom stereocenters. The largest absolute Gasteiger partial charge is 0.468 e. The van der Waals surface area contributed by atoms with Gasteiger partial charge in [0.25, 0.3) is 0 Å². The van der Waals surface area contributed by atoms with Crippen molar-refractivity contribution < 1.29 is 14.3 Å². The SMILES string of the molecule is COC(=O)CNC(=O)C1CC12CCNCC2. The normalized spacial score (nSPS) is 26.2. The highest BCUT2D eigenvalue weighted by Crippen LogP contribution is 2.58. The topological polar surface area (TPSA) is 67.4 Å². The van der Waals surface area contributed by atoms with E-state index in [-0.39, 0.29) is 23.8 Å². The molecular weight excluding hydrogens is 208 g/mol. The second-order valence-corrected chi connectivity index (χ2v) is 4.66. The Morgan fingerprint density at radius 2 is 2.12 bits per heavy atom. The smallest absolute Gasteiger partial charge is 0.325 e. The summed E-state index contributed by atoms with van der Waals surface area (Å²) in [6.07, 6.45) is 3.12. The van der Waals surface area contributed by atoms with Gasteiger partial charge in [-0.1, -0.05) is 0 Å². The number of carbonyl (C=O) groups is 2. The summed E-state index contributed by atoms with van der Waals surface area (Å²) in [6.45, 7) is 1.99. The van der Waals surface area contributed by atoms with Crippen LogP contribution in [0.25, 0.3) is 0 Å². The van der Waals surface area contributed by atoms with Gasteiger partial charge < -0.3 is 15.4 Å². The Hall–Kier alpha value is -1.10. The van der Waals surface area contributed by atoms with E-state index in [1.165, 1.54) is 7.11 Å². The fraction of sp³-hybridized carbons (Fsp3) is 0.818. The van der Waals surface area contributed by atoms with Crippen LogP contribution in [0.1, 0.15) is 19.3 Å². The molecule has 0 aromatic heterocycles. The first-order valence-electron chi connectivity index (χ1n) is 5.73. The summed E-state index contributed by atoms with van der Waals surface area (Å²) in [5.41, 5.74) is 0.228. The first-order chi connectivity index (χ1) is 7.68. The minimum atomic E-state index is -0.395. The molecule has 16 heavy (non-hydrogen) atoms. The van der Waals surface area contributed by atoms with Crippen molar-refractivity contribution in [2.75, 3.05) is 26.7 Å². The van der Waals surface area contributed by atoms with Crippen LogP contribution in [0.4, 0.5) is 0 Å². The maximum atomic E-state index is 11.8. The van der Waals surface area contributed by atoms with Crippen LogP contribution in [0.15, 0.2) is 0 Å². The van der Waals surface area contributed by atoms with E-state index in [1.54, 1.807) is 0 Å². The van der Waals surface area contributed by atoms with Gasteiger partial charge in [-0.2, -0.15) is 0 Å². The van der Waals surface area contributed by atoms with Gasteiger partial charge in [-0.25, -0.2) is 0 Å². The lowest BCUT2D eigenvalue weighted by Gasteiger charge is -2.23. The van der Waals surface area contributed by atoms with Crippen molar-refractivity contribution >= 4 is 11.9 Å². The van der Waals surface area contributed by atoms with Crippen molar-refractivity contribution in [1.82, 2.24) is 10.6 Å². The van der Waals surface area contributed by atoms with E-state index in [0.717, 1.165) is 32.4 Å². The fourth-order valence-corrected chi connectivity index (χ4v) is 2.55. The van der Waals surface area contributed by atoms with Gasteiger partial charge in [0.05, 0.1) is 7.11 Å². The molecule has 1 unspecified atom stereocenters. The van der Waals surface area contributed by atoms with Crippen LogP contribution < -0.4 is 10.6 Å². The Morgan fingerprint density at radius 3 is 2.75 bits per heavy atom. The maximum Gasteiger partial charge on any atom is 0.325 e. The molecule has 1 amide bonds. The summed E-state index contributed by atoms with van der Waals surface area (Å²) in [5, 5.41) is 5.93. The Morgan fingerprint density at radius 1 is 1.44 bits per heavy atom. The maximum absolute atomic E-state index is 11.8. The van der Waals surface area contributed by atoms with Gasteiger partial charge in [0.15, 0.2) is 0 Å². The molecule has 90 valence electrons. The third-order valence-electron chi connectivity index (χ3n) is 3.74. The lowest BCUT2D eigenvalue weighted by Crippen LogP contribution is -2.35. The number of rotatable bonds is 3. The zero-order chi connectivity index (χ0) is 11.6. The molecule has 5 nitrogen and oxygen atoms in total. The van der Waals surface area contributed by atoms with E-state index in [9.17, 15) is 9.59 Å². The van der Waals surface area contributed by atoms with Crippen LogP contribution in [-0.2, 0) is 14.3 Å². The third kappa shape index (κ3) is 2.19. The minimum Gasteiger partial charge on any atom is -0.468 e. The van der Waals surface area contributed by atoms with Gasteiger partial charge in [-0.05, 0) is 37.8 Å². The minimum absolute atomic E-state index is 0.00676. The lowest BCUT2D eigenvalue weighted by molar-refractivity contribution is -0.141. The zero-order valence-corrected chi connectivity index (χ0v) is 9.54. The molecule has 1 heterocycles. The number of ether oxygens (including phenoxy) is 1. The third-order valence-corrected chi connectivity index (χ3v) is 3.74. The molecule has 5 heteroatoms. The highest BCUT2D eigenvalue weighted by atomic mass is 16.5. The van der Waals surface area contributed by atoms with Crippen molar-refractivity contribution in [3.05, 3.63) is 0 Å². The van der Waals surface area contributed by atoms with E-state index in [1.807, 2.05) is 0 Å². The van der Waals surface area contributed by atoms with Crippen molar-refractivity contribution in [3.8, 4) is 0 Å². The van der Waals surface area contributed by atoms with E-state index in [2.05, 4.69) is 15.4 Å². The number of hydrogen-bond acceptors (Lipinski definition) is 4. The van der Waals surface area contributed by atoms with Crippen LogP contribution in [0.5, 0.6) is 0 Å². The summed E-state index contributed by atoms with van der Waals surface area (Å²) in [5.74, 6) is -0.278. The van der Waals surface area contributed by atoms with Crippen molar-refractivity contribution in [1.29, 1.82) is 0 Å². The summed E-state index contributed by atoms with van der Waals surface area (Å²) >= 11 is 0. The van der Waals surface area contributed by atoms with E-state index in [4.69, 9.17) is 0 Å². The number of methoxy groups -OCH3 is 1. The van der Waals surface area contributed by atoms with E-state index in [0.29, 0.717) is 0 Å². The Kier molecular flexibility index (Phi) is 3.14. The molecule has 1 aliphatic carbocycles. The Bertz CT molecular complexity index is 298. The molecule has 0 radical (unpaired) electrons.